The second-order valence-electron chi connectivity index (χ2n) is 5.44. The third kappa shape index (κ3) is 4.84. The van der Waals surface area contributed by atoms with Crippen LogP contribution in [0.5, 0.6) is 0 Å². The fraction of sp³-hybridized carbons (Fsp3) is 0.571. The third-order valence-corrected chi connectivity index (χ3v) is 3.16. The lowest BCUT2D eigenvalue weighted by atomic mass is 9.84. The van der Waals surface area contributed by atoms with E-state index in [1.165, 1.54) is 0 Å². The Bertz CT molecular complexity index is 402. The number of nitrogens with one attached hydrogen (secondary N) is 1. The van der Waals surface area contributed by atoms with Gasteiger partial charge in [-0.3, -0.25) is 9.78 Å². The van der Waals surface area contributed by atoms with Crippen molar-refractivity contribution in [2.45, 2.75) is 40.0 Å². The molecule has 1 rings (SSSR count). The molecule has 0 spiro atoms. The van der Waals surface area contributed by atoms with Gasteiger partial charge in [0.25, 0.3) is 0 Å². The number of aromatic nitrogens is 1. The van der Waals surface area contributed by atoms with Crippen LogP contribution in [0.4, 0.5) is 5.69 Å². The average Bonchev–Trinajstić information content (AvgIpc) is 2.30. The van der Waals surface area contributed by atoms with Crippen LogP contribution in [0.15, 0.2) is 18.5 Å². The number of pyridine rings is 1. The first-order valence-corrected chi connectivity index (χ1v) is 6.35. The van der Waals surface area contributed by atoms with Crippen molar-refractivity contribution < 1.29 is 4.79 Å². The van der Waals surface area contributed by atoms with Gasteiger partial charge in [-0.25, -0.2) is 0 Å². The molecule has 1 aromatic rings. The zero-order chi connectivity index (χ0) is 13.6. The predicted molar refractivity (Wildman–Crippen MR) is 74.3 cm³/mol. The molecule has 0 bridgehead atoms. The number of rotatable bonds is 6. The van der Waals surface area contributed by atoms with E-state index < -0.39 is 0 Å². The standard InChI is InChI=1S/C14H23N3O/c1-11-5-9-16-10-12(11)17-13(18)4-6-14(2,3)7-8-15/h5,9-10H,4,6-8,15H2,1-3H3,(H,17,18). The van der Waals surface area contributed by atoms with Gasteiger partial charge in [0.15, 0.2) is 0 Å². The van der Waals surface area contributed by atoms with Gasteiger partial charge in [0, 0.05) is 12.6 Å². The number of hydrogen-bond donors (Lipinski definition) is 2. The van der Waals surface area contributed by atoms with Crippen molar-refractivity contribution in [1.82, 2.24) is 4.98 Å². The molecule has 4 heteroatoms. The summed E-state index contributed by atoms with van der Waals surface area (Å²) in [5.41, 5.74) is 7.49. The zero-order valence-electron chi connectivity index (χ0n) is 11.5. The molecule has 1 aromatic heterocycles. The average molecular weight is 249 g/mol. The minimum Gasteiger partial charge on any atom is -0.330 e. The van der Waals surface area contributed by atoms with Crippen LogP contribution < -0.4 is 11.1 Å². The highest BCUT2D eigenvalue weighted by Gasteiger charge is 2.18. The summed E-state index contributed by atoms with van der Waals surface area (Å²) in [6.45, 7) is 6.90. The van der Waals surface area contributed by atoms with Crippen LogP contribution in [0.1, 0.15) is 38.7 Å². The number of carbonyl (C=O) groups is 1. The molecule has 0 saturated carbocycles. The van der Waals surface area contributed by atoms with Gasteiger partial charge in [-0.05, 0) is 43.4 Å². The van der Waals surface area contributed by atoms with Gasteiger partial charge in [-0.1, -0.05) is 13.8 Å². The van der Waals surface area contributed by atoms with E-state index in [0.29, 0.717) is 13.0 Å². The maximum atomic E-state index is 11.8. The molecular weight excluding hydrogens is 226 g/mol. The Hall–Kier alpha value is -1.42. The van der Waals surface area contributed by atoms with E-state index in [-0.39, 0.29) is 11.3 Å². The van der Waals surface area contributed by atoms with E-state index in [2.05, 4.69) is 24.1 Å². The maximum absolute atomic E-state index is 11.8. The molecule has 0 aliphatic carbocycles. The number of aryl methyl sites for hydroxylation is 1. The van der Waals surface area contributed by atoms with Crippen LogP contribution in [0, 0.1) is 12.3 Å². The summed E-state index contributed by atoms with van der Waals surface area (Å²) in [6, 6.07) is 1.88. The normalized spacial score (nSPS) is 11.3. The van der Waals surface area contributed by atoms with Crippen LogP contribution in [0.25, 0.3) is 0 Å². The molecule has 0 fully saturated rings. The SMILES string of the molecule is Cc1ccncc1NC(=O)CCC(C)(C)CCN. The molecule has 4 nitrogen and oxygen atoms in total. The highest BCUT2D eigenvalue weighted by atomic mass is 16.1. The molecule has 0 aromatic carbocycles. The van der Waals surface area contributed by atoms with Crippen LogP contribution in [-0.4, -0.2) is 17.4 Å². The molecule has 18 heavy (non-hydrogen) atoms. The Morgan fingerprint density at radius 3 is 2.78 bits per heavy atom. The predicted octanol–water partition coefficient (Wildman–Crippen LogP) is 2.48. The van der Waals surface area contributed by atoms with Crippen LogP contribution in [-0.2, 0) is 4.79 Å². The third-order valence-electron chi connectivity index (χ3n) is 3.16. The highest BCUT2D eigenvalue weighted by molar-refractivity contribution is 5.91. The van der Waals surface area contributed by atoms with Gasteiger partial charge in [-0.15, -0.1) is 0 Å². The van der Waals surface area contributed by atoms with Crippen molar-refractivity contribution >= 4 is 11.6 Å². The smallest absolute Gasteiger partial charge is 0.224 e. The number of carbonyl (C=O) groups excluding carboxylic acids is 1. The second-order valence-corrected chi connectivity index (χ2v) is 5.44. The van der Waals surface area contributed by atoms with Crippen molar-refractivity contribution in [2.75, 3.05) is 11.9 Å². The van der Waals surface area contributed by atoms with E-state index in [9.17, 15) is 4.79 Å². The Morgan fingerprint density at radius 1 is 1.44 bits per heavy atom. The first-order chi connectivity index (χ1) is 8.44. The molecule has 1 heterocycles. The van der Waals surface area contributed by atoms with E-state index in [0.717, 1.165) is 24.1 Å². The van der Waals surface area contributed by atoms with Crippen molar-refractivity contribution in [3.05, 3.63) is 24.0 Å². The first kappa shape index (κ1) is 14.6. The second kappa shape index (κ2) is 6.50. The summed E-state index contributed by atoms with van der Waals surface area (Å²) >= 11 is 0. The number of anilines is 1. The fourth-order valence-electron chi connectivity index (χ4n) is 1.78. The van der Waals surface area contributed by atoms with Crippen LogP contribution >= 0.6 is 0 Å². The molecular formula is C14H23N3O. The molecule has 0 radical (unpaired) electrons. The van der Waals surface area contributed by atoms with Crippen LogP contribution in [0.3, 0.4) is 0 Å². The van der Waals surface area contributed by atoms with Crippen molar-refractivity contribution in [2.24, 2.45) is 11.1 Å². The molecule has 0 unspecified atom stereocenters. The summed E-state index contributed by atoms with van der Waals surface area (Å²) in [5, 5.41) is 2.89. The molecule has 3 N–H and O–H groups in total. The van der Waals surface area contributed by atoms with Crippen molar-refractivity contribution in [3.63, 3.8) is 0 Å². The zero-order valence-corrected chi connectivity index (χ0v) is 11.5. The molecule has 0 aliphatic rings. The Labute approximate surface area is 109 Å². The van der Waals surface area contributed by atoms with Gasteiger partial charge >= 0.3 is 0 Å². The number of nitrogens with zero attached hydrogens (tertiary/aromatic N) is 1. The van der Waals surface area contributed by atoms with Gasteiger partial charge in [0.1, 0.15) is 0 Å². The first-order valence-electron chi connectivity index (χ1n) is 6.35. The number of nitrogens with two attached hydrogens (primary N) is 1. The highest BCUT2D eigenvalue weighted by Crippen LogP contribution is 2.26. The summed E-state index contributed by atoms with van der Waals surface area (Å²) < 4.78 is 0. The summed E-state index contributed by atoms with van der Waals surface area (Å²) in [4.78, 5) is 15.9. The molecule has 0 aliphatic heterocycles. The Morgan fingerprint density at radius 2 is 2.17 bits per heavy atom. The summed E-state index contributed by atoms with van der Waals surface area (Å²) in [7, 11) is 0. The Kier molecular flexibility index (Phi) is 5.28. The molecule has 100 valence electrons. The molecule has 0 saturated heterocycles. The largest absolute Gasteiger partial charge is 0.330 e. The molecule has 1 amide bonds. The van der Waals surface area contributed by atoms with Gasteiger partial charge in [-0.2, -0.15) is 0 Å². The van der Waals surface area contributed by atoms with Gasteiger partial charge in [0.2, 0.25) is 5.91 Å². The van der Waals surface area contributed by atoms with E-state index in [4.69, 9.17) is 5.73 Å². The quantitative estimate of drug-likeness (QED) is 0.814. The monoisotopic (exact) mass is 249 g/mol. The lowest BCUT2D eigenvalue weighted by Crippen LogP contribution is -2.20. The number of amides is 1. The van der Waals surface area contributed by atoms with Gasteiger partial charge in [0.05, 0.1) is 11.9 Å². The maximum Gasteiger partial charge on any atom is 0.224 e. The lowest BCUT2D eigenvalue weighted by Gasteiger charge is -2.23. The van der Waals surface area contributed by atoms with E-state index in [1.807, 2.05) is 13.0 Å². The van der Waals surface area contributed by atoms with Crippen molar-refractivity contribution in [1.29, 1.82) is 0 Å². The summed E-state index contributed by atoms with van der Waals surface area (Å²) in [5.74, 6) is 0.0381. The topological polar surface area (TPSA) is 68.0 Å². The molecule has 0 atom stereocenters. The van der Waals surface area contributed by atoms with Crippen molar-refractivity contribution in [3.8, 4) is 0 Å². The van der Waals surface area contributed by atoms with Gasteiger partial charge < -0.3 is 11.1 Å². The fourth-order valence-corrected chi connectivity index (χ4v) is 1.78. The lowest BCUT2D eigenvalue weighted by molar-refractivity contribution is -0.116. The Balaban J connectivity index is 2.46. The van der Waals surface area contributed by atoms with Crippen LogP contribution in [0.2, 0.25) is 0 Å². The number of hydrogen-bond acceptors (Lipinski definition) is 3. The summed E-state index contributed by atoms with van der Waals surface area (Å²) in [6.07, 6.45) is 5.69. The minimum atomic E-state index is 0.0381. The van der Waals surface area contributed by atoms with E-state index >= 15 is 0 Å². The van der Waals surface area contributed by atoms with E-state index in [1.54, 1.807) is 12.4 Å². The minimum absolute atomic E-state index is 0.0381.